The van der Waals surface area contributed by atoms with E-state index in [9.17, 15) is 13.2 Å². The van der Waals surface area contributed by atoms with Gasteiger partial charge in [-0.3, -0.25) is 15.2 Å². The lowest BCUT2D eigenvalue weighted by atomic mass is 10.0. The molecule has 1 aliphatic heterocycles. The number of nitrogens with one attached hydrogen (secondary N) is 3. The zero-order chi connectivity index (χ0) is 27.3. The number of hydrogen-bond donors (Lipinski definition) is 4. The first-order valence-corrected chi connectivity index (χ1v) is 14.2. The lowest BCUT2D eigenvalue weighted by Gasteiger charge is -2.22. The van der Waals surface area contributed by atoms with Gasteiger partial charge in [0, 0.05) is 18.0 Å². The zero-order valence-electron chi connectivity index (χ0n) is 21.8. The Morgan fingerprint density at radius 3 is 2.63 bits per heavy atom. The molecule has 1 unspecified atom stereocenters. The minimum atomic E-state index is -3.43. The molecular weight excluding hydrogens is 506 g/mol. The van der Waals surface area contributed by atoms with Crippen LogP contribution in [0.5, 0.6) is 0 Å². The smallest absolute Gasteiger partial charge is 0.236 e. The van der Waals surface area contributed by atoms with Crippen LogP contribution in [0, 0.1) is 0 Å². The number of rotatable bonds is 13. The number of aromatic nitrogens is 1. The number of carbonyl (C=O) groups is 1. The Labute approximate surface area is 223 Å². The largest absolute Gasteiger partial charge is 0.420 e. The lowest BCUT2D eigenvalue weighted by molar-refractivity contribution is -0.866. The number of nitrogens with two attached hydrogens (primary N) is 1. The van der Waals surface area contributed by atoms with E-state index in [-0.39, 0.29) is 18.9 Å². The van der Waals surface area contributed by atoms with Crippen LogP contribution in [0.2, 0.25) is 0 Å². The van der Waals surface area contributed by atoms with Crippen molar-refractivity contribution < 1.29 is 23.1 Å². The SMILES string of the molecule is CC(C)(N)C(=O)CN[C@H](COCc1ccccc1)C1=N[NH+](CCc2cn(S(C)(=O)=O)c3ccccc23)[N-]N1. The second-order valence-electron chi connectivity index (χ2n) is 9.95. The fraction of sp³-hybridized carbons (Fsp3) is 0.385. The standard InChI is InChI=1S/C26H35N7O4S/c1-26(2,27)24(34)15-28-22(18-37-17-19-9-5-4-6-10-19)25-29-31-33(30-25)14-13-20-16-32(38(3,35)36)23-12-8-7-11-21(20)23/h4-12,16,22,28,33H,13-15,17-18,27H2,1-3H3,(H,29,30)/t22-/m1/s1. The average Bonchev–Trinajstić information content (AvgIpc) is 3.49. The first-order valence-electron chi connectivity index (χ1n) is 12.4. The summed E-state index contributed by atoms with van der Waals surface area (Å²) >= 11 is 0. The van der Waals surface area contributed by atoms with E-state index in [2.05, 4.69) is 21.4 Å². The summed E-state index contributed by atoms with van der Waals surface area (Å²) in [6.45, 7) is 4.59. The number of benzene rings is 2. The van der Waals surface area contributed by atoms with E-state index >= 15 is 0 Å². The third-order valence-electron chi connectivity index (χ3n) is 6.24. The molecule has 0 radical (unpaired) electrons. The van der Waals surface area contributed by atoms with Crippen molar-refractivity contribution in [3.63, 3.8) is 0 Å². The monoisotopic (exact) mass is 541 g/mol. The highest BCUT2D eigenvalue weighted by Crippen LogP contribution is 2.22. The molecule has 2 aromatic carbocycles. The molecule has 2 atom stereocenters. The molecule has 1 aromatic heterocycles. The topological polar surface area (TPSA) is 146 Å². The van der Waals surface area contributed by atoms with E-state index in [1.165, 1.54) is 10.2 Å². The van der Waals surface area contributed by atoms with Crippen LogP contribution in [0.3, 0.4) is 0 Å². The molecule has 4 rings (SSSR count). The number of amidine groups is 1. The Morgan fingerprint density at radius 2 is 1.92 bits per heavy atom. The summed E-state index contributed by atoms with van der Waals surface area (Å²) in [6, 6.07) is 16.8. The van der Waals surface area contributed by atoms with Gasteiger partial charge in [0.1, 0.15) is 0 Å². The molecular formula is C26H35N7O4S. The Bertz CT molecular complexity index is 1400. The van der Waals surface area contributed by atoms with Gasteiger partial charge in [-0.2, -0.15) is 0 Å². The van der Waals surface area contributed by atoms with Gasteiger partial charge >= 0.3 is 0 Å². The van der Waals surface area contributed by atoms with Crippen molar-refractivity contribution in [2.45, 2.75) is 38.5 Å². The number of Topliss-reactive ketones (excluding diaryl/α,β-unsaturated/α-hetero) is 1. The molecule has 2 heterocycles. The summed E-state index contributed by atoms with van der Waals surface area (Å²) in [4.78, 5) is 12.4. The second-order valence-corrected chi connectivity index (χ2v) is 11.8. The van der Waals surface area contributed by atoms with Crippen molar-refractivity contribution in [2.24, 2.45) is 10.8 Å². The molecule has 5 N–H and O–H groups in total. The first kappa shape index (κ1) is 27.9. The van der Waals surface area contributed by atoms with Crippen molar-refractivity contribution in [3.05, 3.63) is 77.5 Å². The first-order chi connectivity index (χ1) is 18.0. The highest BCUT2D eigenvalue weighted by atomic mass is 32.2. The van der Waals surface area contributed by atoms with Crippen LogP contribution in [0.25, 0.3) is 16.4 Å². The van der Waals surface area contributed by atoms with Crippen molar-refractivity contribution in [2.75, 3.05) is 26.0 Å². The molecule has 11 nitrogen and oxygen atoms in total. The van der Waals surface area contributed by atoms with E-state index < -0.39 is 21.6 Å². The molecule has 1 aliphatic rings. The van der Waals surface area contributed by atoms with E-state index in [1.807, 2.05) is 48.5 Å². The van der Waals surface area contributed by atoms with Crippen LogP contribution < -0.4 is 21.6 Å². The Balaban J connectivity index is 1.43. The molecule has 0 saturated heterocycles. The molecule has 0 aliphatic carbocycles. The fourth-order valence-corrected chi connectivity index (χ4v) is 4.90. The summed E-state index contributed by atoms with van der Waals surface area (Å²) in [5, 5.41) is 9.31. The maximum atomic E-state index is 12.4. The molecule has 0 amide bonds. The quantitative estimate of drug-likeness (QED) is 0.246. The maximum Gasteiger partial charge on any atom is 0.236 e. The molecule has 204 valence electrons. The highest BCUT2D eigenvalue weighted by Gasteiger charge is 2.26. The summed E-state index contributed by atoms with van der Waals surface area (Å²) in [7, 11) is -3.43. The predicted molar refractivity (Wildman–Crippen MR) is 147 cm³/mol. The number of ketones is 1. The molecule has 12 heteroatoms. The Morgan fingerprint density at radius 1 is 1.21 bits per heavy atom. The van der Waals surface area contributed by atoms with Gasteiger partial charge in [0.15, 0.2) is 11.6 Å². The number of quaternary nitrogens is 1. The van der Waals surface area contributed by atoms with Gasteiger partial charge in [0.25, 0.3) is 0 Å². The van der Waals surface area contributed by atoms with Crippen LogP contribution in [-0.4, -0.2) is 61.5 Å². The highest BCUT2D eigenvalue weighted by molar-refractivity contribution is 7.89. The average molecular weight is 542 g/mol. The van der Waals surface area contributed by atoms with Gasteiger partial charge in [-0.05, 0) is 31.0 Å². The number of nitrogens with zero attached hydrogens (tertiary/aromatic N) is 3. The van der Waals surface area contributed by atoms with Crippen molar-refractivity contribution in [3.8, 4) is 0 Å². The molecule has 38 heavy (non-hydrogen) atoms. The van der Waals surface area contributed by atoms with Crippen LogP contribution in [-0.2, 0) is 32.6 Å². The molecule has 3 aromatic rings. The van der Waals surface area contributed by atoms with Crippen LogP contribution in [0.4, 0.5) is 0 Å². The fourth-order valence-electron chi connectivity index (χ4n) is 4.06. The van der Waals surface area contributed by atoms with Gasteiger partial charge in [-0.25, -0.2) is 12.4 Å². The van der Waals surface area contributed by atoms with E-state index in [0.29, 0.717) is 36.0 Å². The van der Waals surface area contributed by atoms with Crippen molar-refractivity contribution >= 4 is 32.5 Å². The van der Waals surface area contributed by atoms with E-state index in [4.69, 9.17) is 10.5 Å². The number of hydrogen-bond acceptors (Lipinski definition) is 8. The zero-order valence-corrected chi connectivity index (χ0v) is 22.7. The number of para-hydroxylation sites is 1. The van der Waals surface area contributed by atoms with Crippen molar-refractivity contribution in [1.82, 2.24) is 14.7 Å². The van der Waals surface area contributed by atoms with Gasteiger partial charge in [-0.1, -0.05) is 53.6 Å². The summed E-state index contributed by atoms with van der Waals surface area (Å²) in [6.07, 6.45) is 3.41. The van der Waals surface area contributed by atoms with Crippen molar-refractivity contribution in [1.29, 1.82) is 0 Å². The number of fused-ring (bicyclic) bond motifs is 1. The number of carbonyl (C=O) groups excluding carboxylic acids is 1. The maximum absolute atomic E-state index is 12.4. The molecule has 0 fully saturated rings. The van der Waals surface area contributed by atoms with Crippen LogP contribution in [0.1, 0.15) is 25.0 Å². The second kappa shape index (κ2) is 11.7. The van der Waals surface area contributed by atoms with Gasteiger partial charge in [0.2, 0.25) is 10.0 Å². The van der Waals surface area contributed by atoms with Crippen LogP contribution >= 0.6 is 0 Å². The predicted octanol–water partition coefficient (Wildman–Crippen LogP) is 0.478. The minimum Gasteiger partial charge on any atom is -0.420 e. The van der Waals surface area contributed by atoms with Gasteiger partial charge < -0.3 is 21.4 Å². The number of ether oxygens (including phenoxy) is 1. The normalized spacial score (nSPS) is 16.8. The Hall–Kier alpha value is -3.13. The molecule has 0 spiro atoms. The van der Waals surface area contributed by atoms with Gasteiger partial charge in [-0.15, -0.1) is 0 Å². The third kappa shape index (κ3) is 7.04. The van der Waals surface area contributed by atoms with Gasteiger partial charge in [0.05, 0.1) is 49.7 Å². The summed E-state index contributed by atoms with van der Waals surface area (Å²) in [5.41, 5.74) is 14.9. The van der Waals surface area contributed by atoms with E-state index in [1.54, 1.807) is 26.1 Å². The molecule has 0 bridgehead atoms. The van der Waals surface area contributed by atoms with E-state index in [0.717, 1.165) is 16.5 Å². The summed E-state index contributed by atoms with van der Waals surface area (Å²) in [5.74, 6) is 0.418. The van der Waals surface area contributed by atoms with Crippen LogP contribution in [0.15, 0.2) is 65.9 Å². The molecule has 0 saturated carbocycles. The summed E-state index contributed by atoms with van der Waals surface area (Å²) < 4.78 is 31.7. The lowest BCUT2D eigenvalue weighted by Crippen LogP contribution is -3.02. The minimum absolute atomic E-state index is 0.0594. The Kier molecular flexibility index (Phi) is 8.61. The third-order valence-corrected chi connectivity index (χ3v) is 7.26.